The Morgan fingerprint density at radius 2 is 1.84 bits per heavy atom. The normalized spacial score (nSPS) is 21.3. The predicted octanol–water partition coefficient (Wildman–Crippen LogP) is 2.47. The third-order valence-corrected chi connectivity index (χ3v) is 4.50. The van der Waals surface area contributed by atoms with Crippen LogP contribution in [0.4, 0.5) is 0 Å². The van der Waals surface area contributed by atoms with Gasteiger partial charge >= 0.3 is 0 Å². The monoisotopic (exact) mass is 349 g/mol. The number of rotatable bonds is 7. The van der Waals surface area contributed by atoms with Crippen LogP contribution in [0.15, 0.2) is 24.3 Å². The van der Waals surface area contributed by atoms with Gasteiger partial charge in [0.25, 0.3) is 5.91 Å². The van der Waals surface area contributed by atoms with E-state index in [9.17, 15) is 4.79 Å². The Bertz CT molecular complexity index is 541. The van der Waals surface area contributed by atoms with E-state index in [0.29, 0.717) is 32.1 Å². The lowest BCUT2D eigenvalue weighted by Crippen LogP contribution is -2.45. The summed E-state index contributed by atoms with van der Waals surface area (Å²) in [7, 11) is 0. The summed E-state index contributed by atoms with van der Waals surface area (Å²) in [4.78, 5) is 14.3. The molecule has 1 amide bonds. The van der Waals surface area contributed by atoms with Crippen LogP contribution in [0.2, 0.25) is 0 Å². The molecule has 25 heavy (non-hydrogen) atoms. The average Bonchev–Trinajstić information content (AvgIpc) is 3.20. The van der Waals surface area contributed by atoms with Gasteiger partial charge in [-0.15, -0.1) is 0 Å². The molecule has 0 N–H and O–H groups in total. The molecule has 0 saturated carbocycles. The highest BCUT2D eigenvalue weighted by atomic mass is 16.7. The first-order valence-electron chi connectivity index (χ1n) is 9.13. The molecule has 138 valence electrons. The van der Waals surface area contributed by atoms with Crippen LogP contribution in [-0.4, -0.2) is 56.6 Å². The molecular formula is C19H27NO5. The number of ether oxygens (including phenoxy) is 4. The zero-order chi connectivity index (χ0) is 17.5. The van der Waals surface area contributed by atoms with Gasteiger partial charge in [-0.2, -0.15) is 0 Å². The molecule has 0 spiro atoms. The van der Waals surface area contributed by atoms with Gasteiger partial charge in [0.15, 0.2) is 12.9 Å². The van der Waals surface area contributed by atoms with Gasteiger partial charge in [0, 0.05) is 19.0 Å². The minimum absolute atomic E-state index is 0.00834. The van der Waals surface area contributed by atoms with Crippen molar-refractivity contribution in [1.82, 2.24) is 4.90 Å². The van der Waals surface area contributed by atoms with Crippen LogP contribution in [0, 0.1) is 5.92 Å². The molecule has 2 saturated heterocycles. The van der Waals surface area contributed by atoms with Gasteiger partial charge < -0.3 is 23.8 Å². The summed E-state index contributed by atoms with van der Waals surface area (Å²) in [6.45, 7) is 5.56. The molecule has 2 fully saturated rings. The first-order chi connectivity index (χ1) is 12.3. The van der Waals surface area contributed by atoms with Gasteiger partial charge in [-0.05, 0) is 43.5 Å². The second kappa shape index (κ2) is 9.06. The summed E-state index contributed by atoms with van der Waals surface area (Å²) in [5.41, 5.74) is 0. The number of nitrogens with zero attached hydrogens (tertiary/aromatic N) is 1. The lowest BCUT2D eigenvalue weighted by molar-refractivity contribution is -0.141. The van der Waals surface area contributed by atoms with E-state index in [1.165, 1.54) is 0 Å². The van der Waals surface area contributed by atoms with Crippen molar-refractivity contribution in [2.75, 3.05) is 39.5 Å². The number of carbonyl (C=O) groups excluding carboxylic acids is 1. The van der Waals surface area contributed by atoms with Gasteiger partial charge in [-0.25, -0.2) is 0 Å². The number of piperidine rings is 1. The Kier molecular flexibility index (Phi) is 6.53. The Balaban J connectivity index is 1.45. The van der Waals surface area contributed by atoms with Crippen molar-refractivity contribution in [1.29, 1.82) is 0 Å². The highest BCUT2D eigenvalue weighted by Gasteiger charge is 2.32. The van der Waals surface area contributed by atoms with Gasteiger partial charge in [-0.1, -0.05) is 6.92 Å². The predicted molar refractivity (Wildman–Crippen MR) is 92.7 cm³/mol. The zero-order valence-electron chi connectivity index (χ0n) is 14.8. The molecular weight excluding hydrogens is 322 g/mol. The van der Waals surface area contributed by atoms with Crippen LogP contribution < -0.4 is 9.47 Å². The molecule has 1 atom stereocenters. The number of amides is 1. The Morgan fingerprint density at radius 3 is 2.52 bits per heavy atom. The molecule has 3 rings (SSSR count). The number of hydrogen-bond acceptors (Lipinski definition) is 5. The molecule has 2 heterocycles. The van der Waals surface area contributed by atoms with Crippen LogP contribution in [0.1, 0.15) is 26.2 Å². The maximum atomic E-state index is 12.4. The average molecular weight is 349 g/mol. The summed E-state index contributed by atoms with van der Waals surface area (Å²) >= 11 is 0. The maximum Gasteiger partial charge on any atom is 0.260 e. The van der Waals surface area contributed by atoms with E-state index >= 15 is 0 Å². The molecule has 6 nitrogen and oxygen atoms in total. The van der Waals surface area contributed by atoms with Crippen molar-refractivity contribution in [2.24, 2.45) is 5.92 Å². The fourth-order valence-corrected chi connectivity index (χ4v) is 3.20. The van der Waals surface area contributed by atoms with E-state index < -0.39 is 0 Å². The molecule has 6 heteroatoms. The standard InChI is InChI=1S/C19H27NO5/c1-2-10-22-16-5-7-17(8-6-16)25-14-18(21)20-9-3-4-15(13-20)19-23-11-12-24-19/h5-8,15,19H,2-4,9-14H2,1H3. The van der Waals surface area contributed by atoms with Crippen LogP contribution >= 0.6 is 0 Å². The number of hydrogen-bond donors (Lipinski definition) is 0. The number of carbonyl (C=O) groups is 1. The van der Waals surface area contributed by atoms with E-state index in [1.807, 2.05) is 29.2 Å². The highest BCUT2D eigenvalue weighted by Crippen LogP contribution is 2.25. The summed E-state index contributed by atoms with van der Waals surface area (Å²) in [5, 5.41) is 0. The van der Waals surface area contributed by atoms with Crippen molar-refractivity contribution in [3.8, 4) is 11.5 Å². The van der Waals surface area contributed by atoms with Gasteiger partial charge in [0.2, 0.25) is 0 Å². The van der Waals surface area contributed by atoms with Crippen molar-refractivity contribution < 1.29 is 23.7 Å². The SMILES string of the molecule is CCCOc1ccc(OCC(=O)N2CCCC(C3OCCO3)C2)cc1. The third-order valence-electron chi connectivity index (χ3n) is 4.50. The molecule has 0 bridgehead atoms. The largest absolute Gasteiger partial charge is 0.494 e. The van der Waals surface area contributed by atoms with Gasteiger partial charge in [0.05, 0.1) is 19.8 Å². The summed E-state index contributed by atoms with van der Waals surface area (Å²) < 4.78 is 22.3. The van der Waals surface area contributed by atoms with Crippen molar-refractivity contribution in [2.45, 2.75) is 32.5 Å². The number of benzene rings is 1. The highest BCUT2D eigenvalue weighted by molar-refractivity contribution is 5.77. The topological polar surface area (TPSA) is 57.2 Å². The Labute approximate surface area is 149 Å². The first kappa shape index (κ1) is 18.0. The van der Waals surface area contributed by atoms with E-state index in [1.54, 1.807) is 0 Å². The van der Waals surface area contributed by atoms with Crippen molar-refractivity contribution >= 4 is 5.91 Å². The van der Waals surface area contributed by atoms with E-state index in [2.05, 4.69) is 6.92 Å². The van der Waals surface area contributed by atoms with E-state index in [-0.39, 0.29) is 24.7 Å². The molecule has 0 aromatic heterocycles. The molecule has 1 aromatic rings. The van der Waals surface area contributed by atoms with Gasteiger partial charge in [-0.3, -0.25) is 4.79 Å². The third kappa shape index (κ3) is 5.09. The second-order valence-corrected chi connectivity index (χ2v) is 6.46. The summed E-state index contributed by atoms with van der Waals surface area (Å²) in [6, 6.07) is 7.39. The fraction of sp³-hybridized carbons (Fsp3) is 0.632. The zero-order valence-corrected chi connectivity index (χ0v) is 14.8. The Morgan fingerprint density at radius 1 is 1.16 bits per heavy atom. The van der Waals surface area contributed by atoms with Crippen molar-refractivity contribution in [3.05, 3.63) is 24.3 Å². The van der Waals surface area contributed by atoms with E-state index in [4.69, 9.17) is 18.9 Å². The fourth-order valence-electron chi connectivity index (χ4n) is 3.20. The van der Waals surface area contributed by atoms with Crippen LogP contribution in [0.3, 0.4) is 0 Å². The van der Waals surface area contributed by atoms with E-state index in [0.717, 1.165) is 31.6 Å². The Hall–Kier alpha value is -1.79. The second-order valence-electron chi connectivity index (χ2n) is 6.46. The molecule has 0 aliphatic carbocycles. The smallest absolute Gasteiger partial charge is 0.260 e. The van der Waals surface area contributed by atoms with Crippen molar-refractivity contribution in [3.63, 3.8) is 0 Å². The minimum Gasteiger partial charge on any atom is -0.494 e. The molecule has 2 aliphatic rings. The van der Waals surface area contributed by atoms with Crippen LogP contribution in [-0.2, 0) is 14.3 Å². The molecule has 1 unspecified atom stereocenters. The van der Waals surface area contributed by atoms with Crippen LogP contribution in [0.25, 0.3) is 0 Å². The summed E-state index contributed by atoms with van der Waals surface area (Å²) in [6.07, 6.45) is 2.82. The van der Waals surface area contributed by atoms with Gasteiger partial charge in [0.1, 0.15) is 11.5 Å². The van der Waals surface area contributed by atoms with Crippen LogP contribution in [0.5, 0.6) is 11.5 Å². The molecule has 1 aromatic carbocycles. The first-order valence-corrected chi connectivity index (χ1v) is 9.13. The summed E-state index contributed by atoms with van der Waals surface area (Å²) in [5.74, 6) is 1.76. The molecule has 2 aliphatic heterocycles. The quantitative estimate of drug-likeness (QED) is 0.757. The maximum absolute atomic E-state index is 12.4. The minimum atomic E-state index is -0.160. The number of likely N-dealkylation sites (tertiary alicyclic amines) is 1. The lowest BCUT2D eigenvalue weighted by Gasteiger charge is -2.34. The molecule has 0 radical (unpaired) electrons. The lowest BCUT2D eigenvalue weighted by atomic mass is 9.97.